The van der Waals surface area contributed by atoms with Gasteiger partial charge >= 0.3 is 0 Å². The minimum Gasteiger partial charge on any atom is -0.493 e. The number of carbonyl (C=O) groups excluding carboxylic acids is 2. The normalized spacial score (nSPS) is 19.1. The average molecular weight is 392 g/mol. The van der Waals surface area contributed by atoms with Crippen molar-refractivity contribution >= 4 is 17.5 Å². The Morgan fingerprint density at radius 3 is 2.45 bits per heavy atom. The predicted molar refractivity (Wildman–Crippen MR) is 113 cm³/mol. The van der Waals surface area contributed by atoms with Crippen molar-refractivity contribution in [1.82, 2.24) is 4.90 Å². The van der Waals surface area contributed by atoms with Crippen LogP contribution in [0.1, 0.15) is 31.7 Å². The Morgan fingerprint density at radius 2 is 1.69 bits per heavy atom. The van der Waals surface area contributed by atoms with Gasteiger partial charge in [0.15, 0.2) is 0 Å². The third-order valence-corrected chi connectivity index (χ3v) is 5.97. The van der Waals surface area contributed by atoms with E-state index >= 15 is 0 Å². The molecule has 1 unspecified atom stereocenters. The van der Waals surface area contributed by atoms with E-state index < -0.39 is 0 Å². The van der Waals surface area contributed by atoms with Crippen LogP contribution in [0.5, 0.6) is 5.75 Å². The van der Waals surface area contributed by atoms with Gasteiger partial charge in [0.1, 0.15) is 5.75 Å². The maximum absolute atomic E-state index is 13.2. The van der Waals surface area contributed by atoms with Crippen LogP contribution < -0.4 is 9.64 Å². The number of para-hydroxylation sites is 2. The number of ether oxygens (including phenoxy) is 1. The van der Waals surface area contributed by atoms with E-state index in [0.717, 1.165) is 30.7 Å². The number of carbonyl (C=O) groups is 2. The number of anilines is 1. The molecule has 2 aliphatic rings. The Bertz CT molecular complexity index is 859. The molecule has 0 aliphatic carbocycles. The Kier molecular flexibility index (Phi) is 5.84. The van der Waals surface area contributed by atoms with Gasteiger partial charge in [-0.1, -0.05) is 36.4 Å². The first-order valence-electron chi connectivity index (χ1n) is 10.5. The summed E-state index contributed by atoms with van der Waals surface area (Å²) >= 11 is 0. The first-order valence-corrected chi connectivity index (χ1v) is 10.5. The summed E-state index contributed by atoms with van der Waals surface area (Å²) in [7, 11) is 0. The fraction of sp³-hybridized carbons (Fsp3) is 0.417. The molecule has 0 spiro atoms. The number of likely N-dealkylation sites (tertiary alicyclic amines) is 1. The maximum Gasteiger partial charge on any atom is 0.230 e. The molecule has 4 rings (SSSR count). The van der Waals surface area contributed by atoms with Gasteiger partial charge in [0.25, 0.3) is 0 Å². The van der Waals surface area contributed by atoms with Crippen LogP contribution in [0.4, 0.5) is 5.69 Å². The maximum atomic E-state index is 13.2. The lowest BCUT2D eigenvalue weighted by molar-refractivity contribution is -0.135. The van der Waals surface area contributed by atoms with Gasteiger partial charge in [-0.05, 0) is 49.9 Å². The number of amides is 2. The standard InChI is InChI=1S/C24H28N2O3/c1-18-17-20-7-5-6-10-22(20)26(18)24(28)19-11-14-25(15-12-19)23(27)13-16-29-21-8-3-2-4-9-21/h2-10,18-19H,11-17H2,1H3. The van der Waals surface area contributed by atoms with E-state index in [2.05, 4.69) is 13.0 Å². The highest BCUT2D eigenvalue weighted by Crippen LogP contribution is 2.34. The smallest absolute Gasteiger partial charge is 0.230 e. The topological polar surface area (TPSA) is 49.9 Å². The van der Waals surface area contributed by atoms with Crippen molar-refractivity contribution in [2.75, 3.05) is 24.6 Å². The number of nitrogens with zero attached hydrogens (tertiary/aromatic N) is 2. The number of rotatable bonds is 5. The van der Waals surface area contributed by atoms with Crippen LogP contribution in [0.3, 0.4) is 0 Å². The summed E-state index contributed by atoms with van der Waals surface area (Å²) in [6.07, 6.45) is 2.75. The molecule has 1 saturated heterocycles. The van der Waals surface area contributed by atoms with Crippen LogP contribution in [0.15, 0.2) is 54.6 Å². The highest BCUT2D eigenvalue weighted by atomic mass is 16.5. The molecule has 2 aromatic rings. The van der Waals surface area contributed by atoms with E-state index in [1.807, 2.05) is 58.3 Å². The molecule has 5 heteroatoms. The van der Waals surface area contributed by atoms with Gasteiger partial charge in [-0.2, -0.15) is 0 Å². The van der Waals surface area contributed by atoms with E-state index in [1.165, 1.54) is 5.56 Å². The van der Waals surface area contributed by atoms with Crippen molar-refractivity contribution in [3.63, 3.8) is 0 Å². The molecule has 0 bridgehead atoms. The lowest BCUT2D eigenvalue weighted by atomic mass is 9.94. The van der Waals surface area contributed by atoms with E-state index in [1.54, 1.807) is 0 Å². The monoisotopic (exact) mass is 392 g/mol. The molecular weight excluding hydrogens is 364 g/mol. The first kappa shape index (κ1) is 19.5. The molecule has 5 nitrogen and oxygen atoms in total. The summed E-state index contributed by atoms with van der Waals surface area (Å²) in [5, 5.41) is 0. The van der Waals surface area contributed by atoms with Gasteiger partial charge in [-0.3, -0.25) is 9.59 Å². The van der Waals surface area contributed by atoms with Crippen molar-refractivity contribution < 1.29 is 14.3 Å². The summed E-state index contributed by atoms with van der Waals surface area (Å²) in [4.78, 5) is 29.5. The number of hydrogen-bond donors (Lipinski definition) is 0. The lowest BCUT2D eigenvalue weighted by Gasteiger charge is -2.34. The highest BCUT2D eigenvalue weighted by molar-refractivity contribution is 5.97. The number of hydrogen-bond acceptors (Lipinski definition) is 3. The van der Waals surface area contributed by atoms with E-state index in [-0.39, 0.29) is 23.8 Å². The van der Waals surface area contributed by atoms with Crippen LogP contribution in [0.25, 0.3) is 0 Å². The zero-order valence-electron chi connectivity index (χ0n) is 16.9. The van der Waals surface area contributed by atoms with E-state index in [0.29, 0.717) is 26.1 Å². The van der Waals surface area contributed by atoms with Crippen LogP contribution in [0.2, 0.25) is 0 Å². The predicted octanol–water partition coefficient (Wildman–Crippen LogP) is 3.67. The SMILES string of the molecule is CC1Cc2ccccc2N1C(=O)C1CCN(C(=O)CCOc2ccccc2)CC1. The third-order valence-electron chi connectivity index (χ3n) is 5.97. The van der Waals surface area contributed by atoms with Gasteiger partial charge in [0.2, 0.25) is 11.8 Å². The van der Waals surface area contributed by atoms with Gasteiger partial charge in [-0.15, -0.1) is 0 Å². The van der Waals surface area contributed by atoms with Gasteiger partial charge < -0.3 is 14.5 Å². The van der Waals surface area contributed by atoms with Crippen LogP contribution in [0, 0.1) is 5.92 Å². The Labute approximate surface area is 172 Å². The van der Waals surface area contributed by atoms with Crippen LogP contribution >= 0.6 is 0 Å². The van der Waals surface area contributed by atoms with Gasteiger partial charge in [0, 0.05) is 30.7 Å². The van der Waals surface area contributed by atoms with Gasteiger partial charge in [0.05, 0.1) is 13.0 Å². The second kappa shape index (κ2) is 8.68. The zero-order chi connectivity index (χ0) is 20.2. The second-order valence-corrected chi connectivity index (χ2v) is 7.96. The summed E-state index contributed by atoms with van der Waals surface area (Å²) in [5.74, 6) is 1.09. The molecule has 2 aromatic carbocycles. The fourth-order valence-electron chi connectivity index (χ4n) is 4.40. The highest BCUT2D eigenvalue weighted by Gasteiger charge is 2.36. The van der Waals surface area contributed by atoms with Crippen LogP contribution in [-0.2, 0) is 16.0 Å². The Balaban J connectivity index is 1.27. The number of piperidine rings is 1. The lowest BCUT2D eigenvalue weighted by Crippen LogP contribution is -2.46. The van der Waals surface area contributed by atoms with Crippen LogP contribution in [-0.4, -0.2) is 42.5 Å². The summed E-state index contributed by atoms with van der Waals surface area (Å²) in [5.41, 5.74) is 2.31. The molecular formula is C24H28N2O3. The van der Waals surface area contributed by atoms with E-state index in [4.69, 9.17) is 4.74 Å². The Morgan fingerprint density at radius 1 is 1.00 bits per heavy atom. The Hall–Kier alpha value is -2.82. The molecule has 1 fully saturated rings. The molecule has 1 atom stereocenters. The molecule has 2 amide bonds. The second-order valence-electron chi connectivity index (χ2n) is 7.96. The van der Waals surface area contributed by atoms with E-state index in [9.17, 15) is 9.59 Å². The van der Waals surface area contributed by atoms with Crippen molar-refractivity contribution in [2.24, 2.45) is 5.92 Å². The first-order chi connectivity index (χ1) is 14.1. The molecule has 0 aromatic heterocycles. The summed E-state index contributed by atoms with van der Waals surface area (Å²) in [6, 6.07) is 17.9. The third kappa shape index (κ3) is 4.29. The molecule has 2 heterocycles. The summed E-state index contributed by atoms with van der Waals surface area (Å²) < 4.78 is 5.63. The molecule has 29 heavy (non-hydrogen) atoms. The summed E-state index contributed by atoms with van der Waals surface area (Å²) in [6.45, 7) is 3.78. The number of benzene rings is 2. The minimum atomic E-state index is -0.00627. The fourth-order valence-corrected chi connectivity index (χ4v) is 4.40. The molecule has 0 N–H and O–H groups in total. The van der Waals surface area contributed by atoms with Crippen molar-refractivity contribution in [1.29, 1.82) is 0 Å². The van der Waals surface area contributed by atoms with Crippen molar-refractivity contribution in [2.45, 2.75) is 38.6 Å². The molecule has 152 valence electrons. The zero-order valence-corrected chi connectivity index (χ0v) is 16.9. The molecule has 0 saturated carbocycles. The van der Waals surface area contributed by atoms with Crippen molar-refractivity contribution in [3.05, 3.63) is 60.2 Å². The van der Waals surface area contributed by atoms with Gasteiger partial charge in [-0.25, -0.2) is 0 Å². The molecule has 0 radical (unpaired) electrons. The quantitative estimate of drug-likeness (QED) is 0.780. The number of fused-ring (bicyclic) bond motifs is 1. The van der Waals surface area contributed by atoms with Crippen molar-refractivity contribution in [3.8, 4) is 5.75 Å². The average Bonchev–Trinajstić information content (AvgIpc) is 3.09. The largest absolute Gasteiger partial charge is 0.493 e. The minimum absolute atomic E-state index is 0.00627. The molecule has 2 aliphatic heterocycles.